The molecule has 3 rings (SSSR count). The number of hydrogen-bond donors (Lipinski definition) is 2. The number of carbonyl (C=O) groups is 1. The number of benzene rings is 1. The highest BCUT2D eigenvalue weighted by molar-refractivity contribution is 7.14. The minimum Gasteiger partial charge on any atom is -0.365 e. The van der Waals surface area contributed by atoms with Gasteiger partial charge in [-0.25, -0.2) is 4.98 Å². The molecular weight excluding hydrogens is 406 g/mol. The SMILES string of the molecule is C/C(Nc1nc(-c2cc(C)n(Cc3ccccc3Cl)c2C)cs1)=C(\C#N)C(N)=O. The molecule has 0 spiro atoms. The van der Waals surface area contributed by atoms with Crippen LogP contribution in [0.5, 0.6) is 0 Å². The van der Waals surface area contributed by atoms with Crippen LogP contribution >= 0.6 is 22.9 Å². The van der Waals surface area contributed by atoms with Crippen LogP contribution in [-0.2, 0) is 11.3 Å². The maximum atomic E-state index is 11.3. The molecule has 0 saturated carbocycles. The molecule has 0 aliphatic carbocycles. The summed E-state index contributed by atoms with van der Waals surface area (Å²) in [5.41, 5.74) is 10.6. The number of aryl methyl sites for hydroxylation is 1. The zero-order chi connectivity index (χ0) is 21.1. The Morgan fingerprint density at radius 3 is 2.76 bits per heavy atom. The number of nitrogens with zero attached hydrogens (tertiary/aromatic N) is 3. The van der Waals surface area contributed by atoms with E-state index < -0.39 is 5.91 Å². The fourth-order valence-corrected chi connectivity index (χ4v) is 4.06. The summed E-state index contributed by atoms with van der Waals surface area (Å²) in [7, 11) is 0. The third-order valence-corrected chi connectivity index (χ3v) is 5.79. The number of rotatable bonds is 6. The van der Waals surface area contributed by atoms with Gasteiger partial charge in [0.2, 0.25) is 0 Å². The molecule has 1 aromatic carbocycles. The molecule has 0 bridgehead atoms. The Balaban J connectivity index is 1.89. The number of aromatic nitrogens is 2. The summed E-state index contributed by atoms with van der Waals surface area (Å²) in [6.45, 7) is 6.41. The van der Waals surface area contributed by atoms with E-state index in [0.29, 0.717) is 17.4 Å². The summed E-state index contributed by atoms with van der Waals surface area (Å²) in [5, 5.41) is 15.3. The van der Waals surface area contributed by atoms with Crippen LogP contribution in [-0.4, -0.2) is 15.5 Å². The molecule has 2 heterocycles. The Morgan fingerprint density at radius 2 is 2.10 bits per heavy atom. The molecule has 0 unspecified atom stereocenters. The Morgan fingerprint density at radius 1 is 1.38 bits per heavy atom. The van der Waals surface area contributed by atoms with E-state index in [1.807, 2.05) is 35.7 Å². The van der Waals surface area contributed by atoms with Crippen LogP contribution in [0.3, 0.4) is 0 Å². The van der Waals surface area contributed by atoms with Gasteiger partial charge in [0.05, 0.1) is 5.69 Å². The number of carbonyl (C=O) groups excluding carboxylic acids is 1. The van der Waals surface area contributed by atoms with Gasteiger partial charge < -0.3 is 15.6 Å². The fraction of sp³-hybridized carbons (Fsp3) is 0.190. The van der Waals surface area contributed by atoms with Gasteiger partial charge >= 0.3 is 0 Å². The molecule has 0 fully saturated rings. The first-order valence-electron chi connectivity index (χ1n) is 8.85. The molecule has 3 aromatic rings. The predicted octanol–water partition coefficient (Wildman–Crippen LogP) is 4.62. The van der Waals surface area contributed by atoms with Crippen LogP contribution in [0.25, 0.3) is 11.3 Å². The Kier molecular flexibility index (Phi) is 6.06. The number of primary amides is 1. The van der Waals surface area contributed by atoms with Crippen molar-refractivity contribution in [2.75, 3.05) is 5.32 Å². The van der Waals surface area contributed by atoms with Crippen LogP contribution in [0.2, 0.25) is 5.02 Å². The van der Waals surface area contributed by atoms with E-state index in [1.165, 1.54) is 11.3 Å². The van der Waals surface area contributed by atoms with Crippen molar-refractivity contribution in [3.8, 4) is 17.3 Å². The number of nitriles is 1. The van der Waals surface area contributed by atoms with Crippen LogP contribution in [0, 0.1) is 25.2 Å². The van der Waals surface area contributed by atoms with E-state index in [0.717, 1.165) is 33.2 Å². The molecule has 29 heavy (non-hydrogen) atoms. The normalized spacial score (nSPS) is 11.7. The molecule has 0 atom stereocenters. The maximum absolute atomic E-state index is 11.3. The zero-order valence-corrected chi connectivity index (χ0v) is 17.9. The fourth-order valence-electron chi connectivity index (χ4n) is 3.10. The molecule has 148 valence electrons. The zero-order valence-electron chi connectivity index (χ0n) is 16.3. The molecule has 0 aliphatic heterocycles. The van der Waals surface area contributed by atoms with Crippen LogP contribution in [0.1, 0.15) is 23.9 Å². The summed E-state index contributed by atoms with van der Waals surface area (Å²) in [5.74, 6) is -0.766. The van der Waals surface area contributed by atoms with E-state index >= 15 is 0 Å². The Hall–Kier alpha value is -3.08. The lowest BCUT2D eigenvalue weighted by atomic mass is 10.2. The predicted molar refractivity (Wildman–Crippen MR) is 117 cm³/mol. The molecule has 1 amide bonds. The smallest absolute Gasteiger partial charge is 0.261 e. The van der Waals surface area contributed by atoms with Crippen molar-refractivity contribution < 1.29 is 4.79 Å². The average molecular weight is 426 g/mol. The lowest BCUT2D eigenvalue weighted by Crippen LogP contribution is -2.16. The van der Waals surface area contributed by atoms with Crippen molar-refractivity contribution in [2.24, 2.45) is 5.73 Å². The largest absolute Gasteiger partial charge is 0.365 e. The topological polar surface area (TPSA) is 96.7 Å². The van der Waals surface area contributed by atoms with Gasteiger partial charge in [0.25, 0.3) is 5.91 Å². The second kappa shape index (κ2) is 8.52. The van der Waals surface area contributed by atoms with Crippen molar-refractivity contribution >= 4 is 34.0 Å². The molecule has 8 heteroatoms. The number of thiazole rings is 1. The first-order chi connectivity index (χ1) is 13.8. The first kappa shape index (κ1) is 20.6. The van der Waals surface area contributed by atoms with Crippen molar-refractivity contribution in [3.05, 3.63) is 69.0 Å². The van der Waals surface area contributed by atoms with Gasteiger partial charge in [0.1, 0.15) is 11.6 Å². The van der Waals surface area contributed by atoms with Crippen LogP contribution in [0.4, 0.5) is 5.13 Å². The molecular formula is C21H20ClN5OS. The van der Waals surface area contributed by atoms with E-state index in [9.17, 15) is 4.79 Å². The third kappa shape index (κ3) is 4.34. The van der Waals surface area contributed by atoms with E-state index in [-0.39, 0.29) is 5.57 Å². The van der Waals surface area contributed by atoms with Gasteiger partial charge in [-0.15, -0.1) is 11.3 Å². The minimum absolute atomic E-state index is 0.111. The standard InChI is InChI=1S/C21H20ClN5OS/c1-12-8-16(14(3)27(12)10-15-6-4-5-7-18(15)22)19-11-29-21(26-19)25-13(2)17(9-23)20(24)28/h4-8,11H,10H2,1-3H3,(H2,24,28)(H,25,26)/b17-13-. The van der Waals surface area contributed by atoms with Crippen molar-refractivity contribution in [3.63, 3.8) is 0 Å². The number of nitrogens with one attached hydrogen (secondary N) is 1. The van der Waals surface area contributed by atoms with Crippen LogP contribution in [0.15, 0.2) is 47.0 Å². The van der Waals surface area contributed by atoms with Gasteiger partial charge in [0, 0.05) is 39.6 Å². The van der Waals surface area contributed by atoms with Crippen LogP contribution < -0.4 is 11.1 Å². The summed E-state index contributed by atoms with van der Waals surface area (Å²) in [6.07, 6.45) is 0. The van der Waals surface area contributed by atoms with E-state index in [1.54, 1.807) is 6.92 Å². The van der Waals surface area contributed by atoms with Crippen molar-refractivity contribution in [2.45, 2.75) is 27.3 Å². The minimum atomic E-state index is -0.766. The third-order valence-electron chi connectivity index (χ3n) is 4.67. The monoisotopic (exact) mass is 425 g/mol. The molecule has 2 aromatic heterocycles. The van der Waals surface area contributed by atoms with Crippen molar-refractivity contribution in [1.82, 2.24) is 9.55 Å². The number of nitrogens with two attached hydrogens (primary N) is 1. The molecule has 0 saturated heterocycles. The number of amides is 1. The summed E-state index contributed by atoms with van der Waals surface area (Å²) in [6, 6.07) is 11.7. The van der Waals surface area contributed by atoms with Gasteiger partial charge in [-0.3, -0.25) is 4.79 Å². The number of allylic oxidation sites excluding steroid dienone is 1. The molecule has 0 aliphatic rings. The average Bonchev–Trinajstić information content (AvgIpc) is 3.23. The van der Waals surface area contributed by atoms with Gasteiger partial charge in [-0.2, -0.15) is 5.26 Å². The highest BCUT2D eigenvalue weighted by Gasteiger charge is 2.16. The molecule has 6 nitrogen and oxygen atoms in total. The van der Waals surface area contributed by atoms with E-state index in [4.69, 9.17) is 22.6 Å². The lowest BCUT2D eigenvalue weighted by molar-refractivity contribution is -0.114. The highest BCUT2D eigenvalue weighted by Crippen LogP contribution is 2.31. The Labute approximate surface area is 178 Å². The Bertz CT molecular complexity index is 1150. The second-order valence-electron chi connectivity index (χ2n) is 6.60. The summed E-state index contributed by atoms with van der Waals surface area (Å²) < 4.78 is 2.20. The first-order valence-corrected chi connectivity index (χ1v) is 10.1. The van der Waals surface area contributed by atoms with E-state index in [2.05, 4.69) is 34.8 Å². The molecule has 3 N–H and O–H groups in total. The van der Waals surface area contributed by atoms with Gasteiger partial charge in [0.15, 0.2) is 5.13 Å². The maximum Gasteiger partial charge on any atom is 0.261 e. The summed E-state index contributed by atoms with van der Waals surface area (Å²) >= 11 is 7.72. The summed E-state index contributed by atoms with van der Waals surface area (Å²) in [4.78, 5) is 15.9. The molecule has 0 radical (unpaired) electrons. The number of halogens is 1. The number of anilines is 1. The van der Waals surface area contributed by atoms with Crippen molar-refractivity contribution in [1.29, 1.82) is 5.26 Å². The van der Waals surface area contributed by atoms with Gasteiger partial charge in [-0.1, -0.05) is 29.8 Å². The number of hydrogen-bond acceptors (Lipinski definition) is 5. The lowest BCUT2D eigenvalue weighted by Gasteiger charge is -2.11. The quantitative estimate of drug-likeness (QED) is 0.444. The second-order valence-corrected chi connectivity index (χ2v) is 7.87. The van der Waals surface area contributed by atoms with Gasteiger partial charge in [-0.05, 0) is 38.5 Å². The highest BCUT2D eigenvalue weighted by atomic mass is 35.5.